The molecule has 6 heteroatoms. The molecule has 5 nitrogen and oxygen atoms in total. The molecular formula is C25H25N3O2S. The minimum absolute atomic E-state index is 0.143. The third-order valence-corrected chi connectivity index (χ3v) is 5.25. The normalized spacial score (nSPS) is 10.5. The molecule has 0 aliphatic carbocycles. The van der Waals surface area contributed by atoms with Gasteiger partial charge in [-0.1, -0.05) is 91.0 Å². The van der Waals surface area contributed by atoms with E-state index in [9.17, 15) is 9.59 Å². The second-order valence-electron chi connectivity index (χ2n) is 7.17. The topological polar surface area (TPSA) is 75.4 Å². The van der Waals surface area contributed by atoms with E-state index >= 15 is 0 Å². The lowest BCUT2D eigenvalue weighted by atomic mass is 9.90. The van der Waals surface area contributed by atoms with Crippen molar-refractivity contribution in [2.75, 3.05) is 6.54 Å². The van der Waals surface area contributed by atoms with Gasteiger partial charge in [0.2, 0.25) is 11.8 Å². The van der Waals surface area contributed by atoms with Crippen LogP contribution < -0.4 is 11.1 Å². The Labute approximate surface area is 187 Å². The zero-order chi connectivity index (χ0) is 22.1. The van der Waals surface area contributed by atoms with E-state index in [0.717, 1.165) is 16.7 Å². The van der Waals surface area contributed by atoms with Gasteiger partial charge in [-0.2, -0.15) is 0 Å². The van der Waals surface area contributed by atoms with E-state index in [4.69, 9.17) is 18.0 Å². The molecule has 0 bridgehead atoms. The maximum Gasteiger partial charge on any atom is 0.238 e. The van der Waals surface area contributed by atoms with E-state index in [-0.39, 0.29) is 17.4 Å². The van der Waals surface area contributed by atoms with Crippen molar-refractivity contribution >= 4 is 29.1 Å². The predicted molar refractivity (Wildman–Crippen MR) is 126 cm³/mol. The van der Waals surface area contributed by atoms with Gasteiger partial charge in [0.05, 0.1) is 5.92 Å². The van der Waals surface area contributed by atoms with Crippen molar-refractivity contribution in [1.29, 1.82) is 0 Å². The van der Waals surface area contributed by atoms with Crippen molar-refractivity contribution in [3.05, 3.63) is 108 Å². The summed E-state index contributed by atoms with van der Waals surface area (Å²) in [6, 6.07) is 28.9. The summed E-state index contributed by atoms with van der Waals surface area (Å²) in [5.74, 6) is -1.15. The lowest BCUT2D eigenvalue weighted by molar-refractivity contribution is -0.120. The van der Waals surface area contributed by atoms with E-state index in [2.05, 4.69) is 5.32 Å². The number of amides is 2. The lowest BCUT2D eigenvalue weighted by Crippen LogP contribution is -2.45. The third-order valence-electron chi connectivity index (χ3n) is 4.89. The van der Waals surface area contributed by atoms with Gasteiger partial charge >= 0.3 is 0 Å². The predicted octanol–water partition coefficient (Wildman–Crippen LogP) is 3.60. The van der Waals surface area contributed by atoms with Crippen LogP contribution in [0.4, 0.5) is 0 Å². The zero-order valence-corrected chi connectivity index (χ0v) is 17.9. The van der Waals surface area contributed by atoms with Crippen LogP contribution in [0.25, 0.3) is 0 Å². The minimum atomic E-state index is -0.505. The fourth-order valence-corrected chi connectivity index (χ4v) is 3.60. The molecule has 3 rings (SSSR count). The molecule has 158 valence electrons. The van der Waals surface area contributed by atoms with Crippen LogP contribution in [0.15, 0.2) is 91.0 Å². The van der Waals surface area contributed by atoms with Gasteiger partial charge in [-0.15, -0.1) is 0 Å². The molecule has 0 unspecified atom stereocenters. The van der Waals surface area contributed by atoms with Crippen molar-refractivity contribution in [3.63, 3.8) is 0 Å². The standard InChI is InChI=1S/C25H25N3O2S/c26-22(29)16-17-28(18-19-10-4-1-5-11-19)25(31)27-24(30)23(20-12-6-2-7-13-20)21-14-8-3-9-15-21/h1-15,23H,16-18H2,(H2,26,29)(H,27,30,31). The first kappa shape index (κ1) is 22.2. The molecule has 2 amide bonds. The Bertz CT molecular complexity index is 971. The van der Waals surface area contributed by atoms with Crippen molar-refractivity contribution in [2.45, 2.75) is 18.9 Å². The van der Waals surface area contributed by atoms with Gasteiger partial charge in [-0.3, -0.25) is 9.59 Å². The van der Waals surface area contributed by atoms with E-state index in [1.807, 2.05) is 91.0 Å². The Morgan fingerprint density at radius 3 is 1.81 bits per heavy atom. The summed E-state index contributed by atoms with van der Waals surface area (Å²) in [4.78, 5) is 26.5. The largest absolute Gasteiger partial charge is 0.370 e. The second kappa shape index (κ2) is 11.0. The highest BCUT2D eigenvalue weighted by atomic mass is 32.1. The van der Waals surface area contributed by atoms with E-state index in [1.165, 1.54) is 0 Å². The van der Waals surface area contributed by atoms with Crippen LogP contribution in [-0.4, -0.2) is 28.4 Å². The Kier molecular flexibility index (Phi) is 7.90. The number of thiocarbonyl (C=S) groups is 1. The number of hydrogen-bond donors (Lipinski definition) is 2. The Morgan fingerprint density at radius 2 is 1.32 bits per heavy atom. The second-order valence-corrected chi connectivity index (χ2v) is 7.56. The number of primary amides is 1. The molecule has 31 heavy (non-hydrogen) atoms. The average molecular weight is 432 g/mol. The first-order valence-corrected chi connectivity index (χ1v) is 10.5. The summed E-state index contributed by atoms with van der Waals surface area (Å²) in [5, 5.41) is 3.16. The fraction of sp³-hybridized carbons (Fsp3) is 0.160. The highest BCUT2D eigenvalue weighted by Crippen LogP contribution is 2.25. The number of nitrogens with two attached hydrogens (primary N) is 1. The Balaban J connectivity index is 1.81. The molecule has 0 aliphatic rings. The van der Waals surface area contributed by atoms with Crippen molar-refractivity contribution in [1.82, 2.24) is 10.2 Å². The molecule has 0 fully saturated rings. The number of carbonyl (C=O) groups is 2. The number of rotatable bonds is 8. The van der Waals surface area contributed by atoms with Crippen LogP contribution in [0.3, 0.4) is 0 Å². The van der Waals surface area contributed by atoms with E-state index < -0.39 is 11.8 Å². The quantitative estimate of drug-likeness (QED) is 0.535. The Hall–Kier alpha value is -3.51. The zero-order valence-electron chi connectivity index (χ0n) is 17.1. The fourth-order valence-electron chi connectivity index (χ4n) is 3.34. The van der Waals surface area contributed by atoms with Crippen molar-refractivity contribution in [2.24, 2.45) is 5.73 Å². The molecule has 0 radical (unpaired) electrons. The minimum Gasteiger partial charge on any atom is -0.370 e. The molecule has 0 atom stereocenters. The molecule has 3 N–H and O–H groups in total. The molecular weight excluding hydrogens is 406 g/mol. The van der Waals surface area contributed by atoms with Crippen molar-refractivity contribution in [3.8, 4) is 0 Å². The van der Waals surface area contributed by atoms with Crippen LogP contribution in [0, 0.1) is 0 Å². The van der Waals surface area contributed by atoms with Gasteiger partial charge in [0, 0.05) is 19.5 Å². The summed E-state index contributed by atoms with van der Waals surface area (Å²) in [6.07, 6.45) is 0.143. The van der Waals surface area contributed by atoms with Gasteiger partial charge in [0.15, 0.2) is 5.11 Å². The van der Waals surface area contributed by atoms with Crippen LogP contribution in [0.5, 0.6) is 0 Å². The summed E-state index contributed by atoms with van der Waals surface area (Å²) < 4.78 is 0. The number of benzene rings is 3. The first-order chi connectivity index (χ1) is 15.0. The van der Waals surface area contributed by atoms with Crippen molar-refractivity contribution < 1.29 is 9.59 Å². The lowest BCUT2D eigenvalue weighted by Gasteiger charge is -2.27. The van der Waals surface area contributed by atoms with Gasteiger partial charge < -0.3 is 16.0 Å². The molecule has 0 spiro atoms. The first-order valence-electron chi connectivity index (χ1n) is 10.1. The molecule has 0 saturated carbocycles. The van der Waals surface area contributed by atoms with Gasteiger partial charge in [0.1, 0.15) is 0 Å². The molecule has 3 aromatic carbocycles. The maximum atomic E-state index is 13.3. The molecule has 3 aromatic rings. The van der Waals surface area contributed by atoms with Crippen LogP contribution >= 0.6 is 12.2 Å². The maximum absolute atomic E-state index is 13.3. The summed E-state index contributed by atoms with van der Waals surface area (Å²) in [6.45, 7) is 0.791. The molecule has 0 aliphatic heterocycles. The van der Waals surface area contributed by atoms with E-state index in [0.29, 0.717) is 13.1 Å². The van der Waals surface area contributed by atoms with Gasteiger partial charge in [0.25, 0.3) is 0 Å². The number of carbonyl (C=O) groups excluding carboxylic acids is 2. The SMILES string of the molecule is NC(=O)CCN(Cc1ccccc1)C(=S)NC(=O)C(c1ccccc1)c1ccccc1. The number of nitrogens with zero attached hydrogens (tertiary/aromatic N) is 1. The monoisotopic (exact) mass is 431 g/mol. The van der Waals surface area contributed by atoms with Crippen LogP contribution in [-0.2, 0) is 16.1 Å². The summed E-state index contributed by atoms with van der Waals surface area (Å²) >= 11 is 5.56. The molecule has 0 saturated heterocycles. The summed E-state index contributed by atoms with van der Waals surface area (Å²) in [5.41, 5.74) is 8.11. The smallest absolute Gasteiger partial charge is 0.238 e. The highest BCUT2D eigenvalue weighted by Gasteiger charge is 2.24. The number of nitrogens with one attached hydrogen (secondary N) is 1. The number of hydrogen-bond acceptors (Lipinski definition) is 3. The Morgan fingerprint density at radius 1 is 0.839 bits per heavy atom. The third kappa shape index (κ3) is 6.49. The van der Waals surface area contributed by atoms with Gasteiger partial charge in [-0.05, 0) is 28.9 Å². The molecule has 0 aromatic heterocycles. The van der Waals surface area contributed by atoms with Gasteiger partial charge in [-0.25, -0.2) is 0 Å². The average Bonchev–Trinajstić information content (AvgIpc) is 2.78. The highest BCUT2D eigenvalue weighted by molar-refractivity contribution is 7.80. The van der Waals surface area contributed by atoms with Crippen LogP contribution in [0.2, 0.25) is 0 Å². The molecule has 0 heterocycles. The summed E-state index contributed by atoms with van der Waals surface area (Å²) in [7, 11) is 0. The van der Waals surface area contributed by atoms with E-state index in [1.54, 1.807) is 4.90 Å². The van der Waals surface area contributed by atoms with Crippen LogP contribution in [0.1, 0.15) is 29.0 Å².